The van der Waals surface area contributed by atoms with Crippen LogP contribution in [-0.4, -0.2) is 44.5 Å². The second-order valence-corrected chi connectivity index (χ2v) is 7.04. The van der Waals surface area contributed by atoms with Crippen molar-refractivity contribution in [3.63, 3.8) is 0 Å². The van der Waals surface area contributed by atoms with Crippen LogP contribution in [0.2, 0.25) is 0 Å². The maximum Gasteiger partial charge on any atom is 0.325 e. The molecule has 1 aliphatic rings. The molecule has 2 amide bonds. The lowest BCUT2D eigenvalue weighted by Crippen LogP contribution is -2.32. The lowest BCUT2D eigenvalue weighted by atomic mass is 9.84. The summed E-state index contributed by atoms with van der Waals surface area (Å²) in [5.41, 5.74) is 1.52. The molecule has 3 N–H and O–H groups in total. The molecule has 8 heteroatoms. The highest BCUT2D eigenvalue weighted by Crippen LogP contribution is 2.24. The zero-order valence-electron chi connectivity index (χ0n) is 16.5. The monoisotopic (exact) mass is 411 g/mol. The Morgan fingerprint density at radius 2 is 1.79 bits per heavy atom. The molecule has 156 valence electrons. The third-order valence-corrected chi connectivity index (χ3v) is 4.96. The molecule has 7 nitrogen and oxygen atoms in total. The van der Waals surface area contributed by atoms with Crippen LogP contribution in [0.25, 0.3) is 0 Å². The van der Waals surface area contributed by atoms with Gasteiger partial charge in [0.2, 0.25) is 11.8 Å². The van der Waals surface area contributed by atoms with Gasteiger partial charge in [0.1, 0.15) is 6.54 Å². The van der Waals surface area contributed by atoms with E-state index in [2.05, 4.69) is 27.6 Å². The highest BCUT2D eigenvalue weighted by molar-refractivity contribution is 5.91. The van der Waals surface area contributed by atoms with Crippen LogP contribution in [-0.2, 0) is 25.5 Å². The minimum Gasteiger partial charge on any atom is -0.468 e. The summed E-state index contributed by atoms with van der Waals surface area (Å²) >= 11 is 0. The number of anilines is 1. The number of nitrogens with one attached hydrogen (secondary N) is 3. The topological polar surface area (TPSA) is 96.5 Å². The van der Waals surface area contributed by atoms with E-state index in [1.165, 1.54) is 7.11 Å². The summed E-state index contributed by atoms with van der Waals surface area (Å²) in [5.74, 6) is 0.241. The van der Waals surface area contributed by atoms with Crippen LogP contribution in [0.5, 0.6) is 0 Å². The first-order valence-corrected chi connectivity index (χ1v) is 9.41. The molecule has 1 unspecified atom stereocenters. The lowest BCUT2D eigenvalue weighted by molar-refractivity contribution is -0.141. The van der Waals surface area contributed by atoms with E-state index in [1.807, 2.05) is 0 Å². The smallest absolute Gasteiger partial charge is 0.325 e. The van der Waals surface area contributed by atoms with Gasteiger partial charge >= 0.3 is 5.97 Å². The first kappa shape index (κ1) is 23.9. The predicted molar refractivity (Wildman–Crippen MR) is 110 cm³/mol. The van der Waals surface area contributed by atoms with Gasteiger partial charge in [-0.05, 0) is 55.5 Å². The number of carbonyl (C=O) groups excluding carboxylic acids is 3. The van der Waals surface area contributed by atoms with E-state index in [9.17, 15) is 14.4 Å². The summed E-state index contributed by atoms with van der Waals surface area (Å²) in [7, 11) is 1.27. The van der Waals surface area contributed by atoms with Crippen LogP contribution >= 0.6 is 12.4 Å². The van der Waals surface area contributed by atoms with Gasteiger partial charge in [-0.3, -0.25) is 14.4 Å². The van der Waals surface area contributed by atoms with Crippen LogP contribution in [0.3, 0.4) is 0 Å². The number of ether oxygens (including phenoxy) is 1. The van der Waals surface area contributed by atoms with Gasteiger partial charge in [0.05, 0.1) is 13.5 Å². The minimum atomic E-state index is -0.486. The molecule has 2 rings (SSSR count). The molecule has 0 bridgehead atoms. The zero-order valence-corrected chi connectivity index (χ0v) is 17.3. The number of amides is 2. The Hall–Kier alpha value is -2.12. The van der Waals surface area contributed by atoms with Gasteiger partial charge in [0, 0.05) is 12.1 Å². The zero-order chi connectivity index (χ0) is 19.6. The molecule has 1 atom stereocenters. The Labute approximate surface area is 172 Å². The molecular weight excluding hydrogens is 382 g/mol. The van der Waals surface area contributed by atoms with Crippen LogP contribution in [0.4, 0.5) is 5.69 Å². The third-order valence-electron chi connectivity index (χ3n) is 4.96. The molecule has 0 saturated carbocycles. The van der Waals surface area contributed by atoms with E-state index >= 15 is 0 Å². The molecule has 1 aliphatic heterocycles. The SMILES string of the molecule is COC(=O)CNC(=O)Cc1ccc(NC(=O)CC(C)C2CCNCC2)cc1.Cl. The van der Waals surface area contributed by atoms with Crippen molar-refractivity contribution < 1.29 is 19.1 Å². The maximum atomic E-state index is 12.3. The summed E-state index contributed by atoms with van der Waals surface area (Å²) in [6.07, 6.45) is 2.93. The number of esters is 1. The molecule has 28 heavy (non-hydrogen) atoms. The highest BCUT2D eigenvalue weighted by Gasteiger charge is 2.22. The summed E-state index contributed by atoms with van der Waals surface area (Å²) in [6.45, 7) is 4.07. The fraction of sp³-hybridized carbons (Fsp3) is 0.550. The number of rotatable bonds is 8. The average molecular weight is 412 g/mol. The summed E-state index contributed by atoms with van der Waals surface area (Å²) < 4.78 is 4.47. The maximum absolute atomic E-state index is 12.3. The van der Waals surface area contributed by atoms with Crippen molar-refractivity contribution in [2.24, 2.45) is 11.8 Å². The Morgan fingerprint density at radius 3 is 2.39 bits per heavy atom. The number of methoxy groups -OCH3 is 1. The number of piperidine rings is 1. The quantitative estimate of drug-likeness (QED) is 0.568. The second-order valence-electron chi connectivity index (χ2n) is 7.04. The molecule has 1 aromatic carbocycles. The van der Waals surface area contributed by atoms with Crippen molar-refractivity contribution in [2.45, 2.75) is 32.6 Å². The first-order chi connectivity index (χ1) is 13.0. The number of halogens is 1. The van der Waals surface area contributed by atoms with Gasteiger partial charge in [-0.1, -0.05) is 19.1 Å². The van der Waals surface area contributed by atoms with Crippen molar-refractivity contribution in [1.29, 1.82) is 0 Å². The molecule has 0 radical (unpaired) electrons. The van der Waals surface area contributed by atoms with Crippen LogP contribution < -0.4 is 16.0 Å². The fourth-order valence-electron chi connectivity index (χ4n) is 3.28. The van der Waals surface area contributed by atoms with Gasteiger partial charge < -0.3 is 20.7 Å². The van der Waals surface area contributed by atoms with E-state index in [4.69, 9.17) is 0 Å². The Balaban J connectivity index is 0.00000392. The standard InChI is InChI=1S/C20H29N3O4.ClH/c1-14(16-7-9-21-10-8-16)11-19(25)23-17-5-3-15(4-6-17)12-18(24)22-13-20(26)27-2;/h3-6,14,16,21H,7-13H2,1-2H3,(H,22,24)(H,23,25);1H. The molecule has 0 spiro atoms. The highest BCUT2D eigenvalue weighted by atomic mass is 35.5. The number of hydrogen-bond donors (Lipinski definition) is 3. The van der Waals surface area contributed by atoms with E-state index in [-0.39, 0.29) is 37.2 Å². The largest absolute Gasteiger partial charge is 0.468 e. The minimum absolute atomic E-state index is 0. The van der Waals surface area contributed by atoms with Gasteiger partial charge in [0.25, 0.3) is 0 Å². The predicted octanol–water partition coefficient (Wildman–Crippen LogP) is 1.90. The summed E-state index contributed by atoms with van der Waals surface area (Å²) in [6, 6.07) is 7.17. The summed E-state index contributed by atoms with van der Waals surface area (Å²) in [4.78, 5) is 35.1. The number of benzene rings is 1. The van der Waals surface area contributed by atoms with E-state index in [0.717, 1.165) is 37.2 Å². The van der Waals surface area contributed by atoms with Gasteiger partial charge in [-0.2, -0.15) is 0 Å². The van der Waals surface area contributed by atoms with E-state index in [0.29, 0.717) is 18.3 Å². The number of carbonyl (C=O) groups is 3. The van der Waals surface area contributed by atoms with Crippen LogP contribution in [0.15, 0.2) is 24.3 Å². The normalized spacial score (nSPS) is 15.1. The van der Waals surface area contributed by atoms with Crippen LogP contribution in [0.1, 0.15) is 31.7 Å². The molecule has 0 aromatic heterocycles. The van der Waals surface area contributed by atoms with Crippen molar-refractivity contribution in [3.8, 4) is 0 Å². The van der Waals surface area contributed by atoms with E-state index in [1.54, 1.807) is 24.3 Å². The number of hydrogen-bond acceptors (Lipinski definition) is 5. The summed E-state index contributed by atoms with van der Waals surface area (Å²) in [5, 5.41) is 8.76. The van der Waals surface area contributed by atoms with E-state index < -0.39 is 5.97 Å². The molecule has 1 fully saturated rings. The third kappa shape index (κ3) is 8.27. The average Bonchev–Trinajstić information content (AvgIpc) is 2.68. The Kier molecular flexibility index (Phi) is 10.6. The van der Waals surface area contributed by atoms with Crippen LogP contribution in [0, 0.1) is 11.8 Å². The molecule has 1 aromatic rings. The lowest BCUT2D eigenvalue weighted by Gasteiger charge is -2.27. The molecule has 1 heterocycles. The Bertz CT molecular complexity index is 645. The van der Waals surface area contributed by atoms with Crippen molar-refractivity contribution >= 4 is 35.9 Å². The van der Waals surface area contributed by atoms with Gasteiger partial charge in [-0.25, -0.2) is 0 Å². The van der Waals surface area contributed by atoms with Crippen molar-refractivity contribution in [3.05, 3.63) is 29.8 Å². The first-order valence-electron chi connectivity index (χ1n) is 9.41. The molecule has 0 aliphatic carbocycles. The van der Waals surface area contributed by atoms with Crippen molar-refractivity contribution in [2.75, 3.05) is 32.1 Å². The molecular formula is C20H30ClN3O4. The fourth-order valence-corrected chi connectivity index (χ4v) is 3.28. The Morgan fingerprint density at radius 1 is 1.14 bits per heavy atom. The van der Waals surface area contributed by atoms with Gasteiger partial charge in [0.15, 0.2) is 0 Å². The van der Waals surface area contributed by atoms with Gasteiger partial charge in [-0.15, -0.1) is 12.4 Å². The van der Waals surface area contributed by atoms with Crippen molar-refractivity contribution in [1.82, 2.24) is 10.6 Å². The molecule has 1 saturated heterocycles. The second kappa shape index (κ2) is 12.4.